The van der Waals surface area contributed by atoms with Crippen molar-refractivity contribution in [2.75, 3.05) is 29.7 Å². The minimum Gasteiger partial charge on any atom is -0.375 e. The van der Waals surface area contributed by atoms with Gasteiger partial charge in [-0.3, -0.25) is 14.4 Å². The molecular formula is C26H18Cl5F2N3O4. The molecule has 210 valence electrons. The third-order valence-electron chi connectivity index (χ3n) is 6.00. The van der Waals surface area contributed by atoms with Crippen molar-refractivity contribution in [2.24, 2.45) is 5.92 Å². The van der Waals surface area contributed by atoms with Gasteiger partial charge in [0, 0.05) is 18.7 Å². The third-order valence-corrected chi connectivity index (χ3v) is 8.01. The molecule has 0 aliphatic heterocycles. The van der Waals surface area contributed by atoms with Gasteiger partial charge in [-0.05, 0) is 48.0 Å². The molecular weight excluding hydrogens is 634 g/mol. The Hall–Kier alpha value is -2.66. The second kappa shape index (κ2) is 12.1. The highest BCUT2D eigenvalue weighted by molar-refractivity contribution is 6.53. The summed E-state index contributed by atoms with van der Waals surface area (Å²) in [5, 5.41) is 7.57. The lowest BCUT2D eigenvalue weighted by Crippen LogP contribution is -2.20. The summed E-state index contributed by atoms with van der Waals surface area (Å²) in [5.41, 5.74) is -0.530. The molecule has 3 amide bonds. The average Bonchev–Trinajstić information content (AvgIpc) is 3.48. The van der Waals surface area contributed by atoms with Crippen LogP contribution in [0.1, 0.15) is 21.8 Å². The first-order valence-electron chi connectivity index (χ1n) is 11.4. The first kappa shape index (κ1) is 30.3. The number of carbonyl (C=O) groups is 3. The van der Waals surface area contributed by atoms with E-state index in [2.05, 4.69) is 15.4 Å². The van der Waals surface area contributed by atoms with Gasteiger partial charge in [0.2, 0.25) is 5.91 Å². The van der Waals surface area contributed by atoms with Gasteiger partial charge in [0.1, 0.15) is 22.4 Å². The summed E-state index contributed by atoms with van der Waals surface area (Å²) in [6.07, 6.45) is 0. The molecule has 0 spiro atoms. The first-order valence-corrected chi connectivity index (χ1v) is 13.3. The monoisotopic (exact) mass is 649 g/mol. The van der Waals surface area contributed by atoms with E-state index in [1.165, 1.54) is 25.3 Å². The quantitative estimate of drug-likeness (QED) is 0.223. The fourth-order valence-electron chi connectivity index (χ4n) is 4.03. The molecule has 1 fully saturated rings. The maximum absolute atomic E-state index is 14.9. The van der Waals surface area contributed by atoms with E-state index in [-0.39, 0.29) is 21.3 Å². The SMILES string of the molecule is COCC(=O)Nc1c(F)ccc(NC(=O)c2cc(NC(=O)[C@H]3[C@H](c4ccc(Cl)c(Cl)c4)C3(Cl)Cl)ccc2Cl)c1F. The van der Waals surface area contributed by atoms with Gasteiger partial charge in [0.15, 0.2) is 5.82 Å². The lowest BCUT2D eigenvalue weighted by atomic mass is 10.1. The summed E-state index contributed by atoms with van der Waals surface area (Å²) in [6.45, 7) is -0.437. The van der Waals surface area contributed by atoms with E-state index < -0.39 is 63.5 Å². The van der Waals surface area contributed by atoms with E-state index in [1.54, 1.807) is 18.2 Å². The van der Waals surface area contributed by atoms with Crippen molar-refractivity contribution >= 4 is 92.8 Å². The topological polar surface area (TPSA) is 96.5 Å². The number of ether oxygens (including phenoxy) is 1. The molecule has 0 unspecified atom stereocenters. The van der Waals surface area contributed by atoms with Crippen molar-refractivity contribution in [3.63, 3.8) is 0 Å². The minimum absolute atomic E-state index is 0.0178. The van der Waals surface area contributed by atoms with Crippen LogP contribution in [0.3, 0.4) is 0 Å². The zero-order chi connectivity index (χ0) is 29.4. The predicted octanol–water partition coefficient (Wildman–Crippen LogP) is 7.29. The molecule has 0 radical (unpaired) electrons. The molecule has 1 aliphatic carbocycles. The molecule has 40 heavy (non-hydrogen) atoms. The van der Waals surface area contributed by atoms with Gasteiger partial charge in [0.25, 0.3) is 11.8 Å². The van der Waals surface area contributed by atoms with Crippen LogP contribution in [0.15, 0.2) is 48.5 Å². The first-order chi connectivity index (χ1) is 18.8. The van der Waals surface area contributed by atoms with Crippen LogP contribution in [0.4, 0.5) is 25.8 Å². The summed E-state index contributed by atoms with van der Waals surface area (Å²) in [7, 11) is 1.24. The average molecular weight is 652 g/mol. The molecule has 0 saturated heterocycles. The normalized spacial score (nSPS) is 17.2. The number of halogens is 7. The molecule has 1 aliphatic rings. The van der Waals surface area contributed by atoms with Gasteiger partial charge in [-0.1, -0.05) is 40.9 Å². The molecule has 14 heteroatoms. The lowest BCUT2D eigenvalue weighted by molar-refractivity contribution is -0.119. The Balaban J connectivity index is 1.51. The van der Waals surface area contributed by atoms with Gasteiger partial charge >= 0.3 is 0 Å². The van der Waals surface area contributed by atoms with Crippen LogP contribution in [0, 0.1) is 17.6 Å². The Labute approximate surface area is 252 Å². The van der Waals surface area contributed by atoms with Crippen molar-refractivity contribution in [1.29, 1.82) is 0 Å². The maximum atomic E-state index is 14.9. The molecule has 2 atom stereocenters. The molecule has 3 aromatic carbocycles. The third kappa shape index (κ3) is 6.30. The number of rotatable bonds is 8. The van der Waals surface area contributed by atoms with Crippen molar-refractivity contribution in [1.82, 2.24) is 0 Å². The van der Waals surface area contributed by atoms with Crippen molar-refractivity contribution in [3.05, 3.63) is 86.4 Å². The molecule has 7 nitrogen and oxygen atoms in total. The highest BCUT2D eigenvalue weighted by atomic mass is 35.5. The van der Waals surface area contributed by atoms with Crippen LogP contribution < -0.4 is 16.0 Å². The molecule has 1 saturated carbocycles. The fourth-order valence-corrected chi connectivity index (χ4v) is 5.37. The Kier molecular flexibility index (Phi) is 9.14. The Morgan fingerprint density at radius 3 is 2.27 bits per heavy atom. The molecule has 0 bridgehead atoms. The van der Waals surface area contributed by atoms with E-state index in [4.69, 9.17) is 58.0 Å². The number of methoxy groups -OCH3 is 1. The highest BCUT2D eigenvalue weighted by Gasteiger charge is 2.67. The van der Waals surface area contributed by atoms with Gasteiger partial charge in [-0.25, -0.2) is 8.78 Å². The Morgan fingerprint density at radius 1 is 0.900 bits per heavy atom. The zero-order valence-corrected chi connectivity index (χ0v) is 24.0. The lowest BCUT2D eigenvalue weighted by Gasteiger charge is -2.13. The van der Waals surface area contributed by atoms with E-state index in [1.807, 2.05) is 5.32 Å². The smallest absolute Gasteiger partial charge is 0.257 e. The zero-order valence-electron chi connectivity index (χ0n) is 20.3. The molecule has 0 heterocycles. The van der Waals surface area contributed by atoms with Gasteiger partial charge < -0.3 is 20.7 Å². The Bertz CT molecular complexity index is 1520. The molecule has 3 N–H and O–H groups in total. The van der Waals surface area contributed by atoms with Crippen LogP contribution in [-0.2, 0) is 14.3 Å². The predicted molar refractivity (Wildman–Crippen MR) is 152 cm³/mol. The summed E-state index contributed by atoms with van der Waals surface area (Å²) in [5.74, 6) is -5.90. The van der Waals surface area contributed by atoms with Crippen molar-refractivity contribution in [3.8, 4) is 0 Å². The van der Waals surface area contributed by atoms with Crippen LogP contribution in [0.5, 0.6) is 0 Å². The number of benzene rings is 3. The van der Waals surface area contributed by atoms with Gasteiger partial charge in [0.05, 0.1) is 32.2 Å². The second-order valence-corrected chi connectivity index (χ2v) is 11.4. The Morgan fingerprint density at radius 2 is 1.60 bits per heavy atom. The van der Waals surface area contributed by atoms with Crippen molar-refractivity contribution in [2.45, 2.75) is 10.3 Å². The van der Waals surface area contributed by atoms with Crippen molar-refractivity contribution < 1.29 is 27.9 Å². The number of hydrogen-bond acceptors (Lipinski definition) is 4. The van der Waals surface area contributed by atoms with Gasteiger partial charge in [-0.15, -0.1) is 23.2 Å². The summed E-state index contributed by atoms with van der Waals surface area (Å²) >= 11 is 31.0. The second-order valence-electron chi connectivity index (χ2n) is 8.71. The number of alkyl halides is 2. The maximum Gasteiger partial charge on any atom is 0.257 e. The standard InChI is InChI=1S/C26H18Cl5F2N3O4/c1-40-10-19(37)36-23-17(32)6-7-18(22(23)33)35-24(38)13-9-12(3-5-14(13)27)34-25(39)21-20(26(21,30)31)11-2-4-15(28)16(29)8-11/h2-9,20-21H,10H2,1H3,(H,34,39)(H,35,38)(H,36,37)/t20-,21+/m0/s1. The molecule has 3 aromatic rings. The highest BCUT2D eigenvalue weighted by Crippen LogP contribution is 2.65. The number of carbonyl (C=O) groups excluding carboxylic acids is 3. The largest absolute Gasteiger partial charge is 0.375 e. The number of hydrogen-bond donors (Lipinski definition) is 3. The number of amides is 3. The summed E-state index contributed by atoms with van der Waals surface area (Å²) < 4.78 is 32.3. The molecule has 0 aromatic heterocycles. The van der Waals surface area contributed by atoms with Crippen LogP contribution in [0.2, 0.25) is 15.1 Å². The summed E-state index contributed by atoms with van der Waals surface area (Å²) in [4.78, 5) is 37.7. The van der Waals surface area contributed by atoms with Crippen LogP contribution >= 0.6 is 58.0 Å². The number of anilines is 3. The summed E-state index contributed by atoms with van der Waals surface area (Å²) in [6, 6.07) is 10.7. The van der Waals surface area contributed by atoms with E-state index in [9.17, 15) is 23.2 Å². The van der Waals surface area contributed by atoms with E-state index in [0.29, 0.717) is 10.6 Å². The van der Waals surface area contributed by atoms with E-state index >= 15 is 0 Å². The number of nitrogens with one attached hydrogen (secondary N) is 3. The molecule has 4 rings (SSSR count). The van der Waals surface area contributed by atoms with Crippen LogP contribution in [0.25, 0.3) is 0 Å². The van der Waals surface area contributed by atoms with E-state index in [0.717, 1.165) is 12.1 Å². The minimum atomic E-state index is -1.41. The van der Waals surface area contributed by atoms with Crippen LogP contribution in [-0.4, -0.2) is 35.8 Å². The fraction of sp³-hybridized carbons (Fsp3) is 0.192. The van der Waals surface area contributed by atoms with Gasteiger partial charge in [-0.2, -0.15) is 0 Å².